The summed E-state index contributed by atoms with van der Waals surface area (Å²) in [4.78, 5) is 11.2. The molecule has 150 valence electrons. The summed E-state index contributed by atoms with van der Waals surface area (Å²) in [5.41, 5.74) is 0.216. The lowest BCUT2D eigenvalue weighted by Crippen LogP contribution is -2.35. The van der Waals surface area contributed by atoms with Crippen LogP contribution in [0.3, 0.4) is 0 Å². The summed E-state index contributed by atoms with van der Waals surface area (Å²) in [6.45, 7) is 3.72. The molecule has 2 aromatic carbocycles. The summed E-state index contributed by atoms with van der Waals surface area (Å²) in [6.07, 6.45) is -0.0394. The third kappa shape index (κ3) is 4.30. The Morgan fingerprint density at radius 2 is 1.75 bits per heavy atom. The number of benzene rings is 2. The van der Waals surface area contributed by atoms with Gasteiger partial charge in [0.15, 0.2) is 11.5 Å². The van der Waals surface area contributed by atoms with Crippen LogP contribution >= 0.6 is 0 Å². The van der Waals surface area contributed by atoms with Crippen molar-refractivity contribution in [1.82, 2.24) is 0 Å². The Bertz CT molecular complexity index is 955. The van der Waals surface area contributed by atoms with Crippen LogP contribution in [0.2, 0.25) is 0 Å². The van der Waals surface area contributed by atoms with Crippen molar-refractivity contribution in [2.45, 2.75) is 24.8 Å². The number of hydrogen-bond acceptors (Lipinski definition) is 6. The molecule has 1 heterocycles. The van der Waals surface area contributed by atoms with Gasteiger partial charge < -0.3 is 19.3 Å². The van der Waals surface area contributed by atoms with E-state index in [-0.39, 0.29) is 16.7 Å². The average Bonchev–Trinajstić information content (AvgIpc) is 2.66. The van der Waals surface area contributed by atoms with Crippen molar-refractivity contribution in [2.24, 2.45) is 0 Å². The standard InChI is InChI=1S/C19H21NO7S/c1-13(2)27-15-5-3-14(4-6-15)20(12-19(21)22)28(23,24)16-7-8-17-18(11-16)26-10-9-25-17/h3-8,11,13H,9-10,12H2,1-2H3,(H,21,22). The van der Waals surface area contributed by atoms with Crippen LogP contribution in [-0.4, -0.2) is 45.4 Å². The number of carboxylic acids is 1. The maximum atomic E-state index is 13.2. The largest absolute Gasteiger partial charge is 0.491 e. The van der Waals surface area contributed by atoms with Crippen LogP contribution in [0.25, 0.3) is 0 Å². The van der Waals surface area contributed by atoms with Gasteiger partial charge in [-0.2, -0.15) is 0 Å². The van der Waals surface area contributed by atoms with E-state index in [9.17, 15) is 18.3 Å². The fraction of sp³-hybridized carbons (Fsp3) is 0.316. The minimum Gasteiger partial charge on any atom is -0.491 e. The van der Waals surface area contributed by atoms with Crippen molar-refractivity contribution in [2.75, 3.05) is 24.1 Å². The van der Waals surface area contributed by atoms with Crippen LogP contribution in [0.1, 0.15) is 13.8 Å². The quantitative estimate of drug-likeness (QED) is 0.752. The van der Waals surface area contributed by atoms with Gasteiger partial charge in [-0.25, -0.2) is 8.42 Å². The van der Waals surface area contributed by atoms with Gasteiger partial charge in [-0.3, -0.25) is 9.10 Å². The second kappa shape index (κ2) is 7.97. The summed E-state index contributed by atoms with van der Waals surface area (Å²) in [5.74, 6) is 0.0443. The smallest absolute Gasteiger partial charge is 0.324 e. The Kier molecular flexibility index (Phi) is 5.64. The number of rotatable bonds is 7. The van der Waals surface area contributed by atoms with Crippen LogP contribution in [-0.2, 0) is 14.8 Å². The SMILES string of the molecule is CC(C)Oc1ccc(N(CC(=O)O)S(=O)(=O)c2ccc3c(c2)OCCO3)cc1. The third-order valence-electron chi connectivity index (χ3n) is 3.88. The number of carboxylic acid groups (broad SMARTS) is 1. The lowest BCUT2D eigenvalue weighted by Gasteiger charge is -2.24. The molecule has 8 nitrogen and oxygen atoms in total. The Morgan fingerprint density at radius 3 is 2.36 bits per heavy atom. The Hall–Kier alpha value is -2.94. The van der Waals surface area contributed by atoms with Crippen LogP contribution < -0.4 is 18.5 Å². The summed E-state index contributed by atoms with van der Waals surface area (Å²) in [7, 11) is -4.14. The highest BCUT2D eigenvalue weighted by Crippen LogP contribution is 2.34. The van der Waals surface area contributed by atoms with E-state index in [1.54, 1.807) is 12.1 Å². The Labute approximate surface area is 163 Å². The second-order valence-electron chi connectivity index (χ2n) is 6.37. The van der Waals surface area contributed by atoms with Crippen molar-refractivity contribution >= 4 is 21.7 Å². The molecule has 0 spiro atoms. The maximum absolute atomic E-state index is 13.2. The van der Waals surface area contributed by atoms with Gasteiger partial charge in [0.25, 0.3) is 10.0 Å². The van der Waals surface area contributed by atoms with Crippen LogP contribution in [0.5, 0.6) is 17.2 Å². The van der Waals surface area contributed by atoms with E-state index < -0.39 is 22.5 Å². The van der Waals surface area contributed by atoms with Gasteiger partial charge in [-0.1, -0.05) is 0 Å². The van der Waals surface area contributed by atoms with Crippen LogP contribution in [0.4, 0.5) is 5.69 Å². The van der Waals surface area contributed by atoms with E-state index in [1.807, 2.05) is 13.8 Å². The predicted molar refractivity (Wildman–Crippen MR) is 102 cm³/mol. The highest BCUT2D eigenvalue weighted by Gasteiger charge is 2.28. The van der Waals surface area contributed by atoms with Crippen molar-refractivity contribution in [3.05, 3.63) is 42.5 Å². The highest BCUT2D eigenvalue weighted by molar-refractivity contribution is 7.92. The van der Waals surface area contributed by atoms with E-state index >= 15 is 0 Å². The lowest BCUT2D eigenvalue weighted by atomic mass is 10.3. The number of aliphatic carboxylic acids is 1. The molecule has 1 aliphatic rings. The van der Waals surface area contributed by atoms with Crippen molar-refractivity contribution in [3.8, 4) is 17.2 Å². The minimum atomic E-state index is -4.14. The van der Waals surface area contributed by atoms with Gasteiger partial charge in [0.05, 0.1) is 16.7 Å². The van der Waals surface area contributed by atoms with E-state index in [0.29, 0.717) is 30.5 Å². The first-order valence-electron chi connectivity index (χ1n) is 8.68. The summed E-state index contributed by atoms with van der Waals surface area (Å²) in [5, 5.41) is 9.25. The number of carbonyl (C=O) groups is 1. The maximum Gasteiger partial charge on any atom is 0.324 e. The number of nitrogens with zero attached hydrogens (tertiary/aromatic N) is 1. The van der Waals surface area contributed by atoms with E-state index in [2.05, 4.69) is 0 Å². The zero-order valence-corrected chi connectivity index (χ0v) is 16.3. The molecule has 0 bridgehead atoms. The van der Waals surface area contributed by atoms with Gasteiger partial charge in [-0.05, 0) is 50.2 Å². The molecule has 0 saturated carbocycles. The van der Waals surface area contributed by atoms with Crippen molar-refractivity contribution in [3.63, 3.8) is 0 Å². The fourth-order valence-electron chi connectivity index (χ4n) is 2.71. The first-order chi connectivity index (χ1) is 13.3. The molecular weight excluding hydrogens is 386 g/mol. The third-order valence-corrected chi connectivity index (χ3v) is 5.65. The summed E-state index contributed by atoms with van der Waals surface area (Å²) >= 11 is 0. The lowest BCUT2D eigenvalue weighted by molar-refractivity contribution is -0.135. The average molecular weight is 407 g/mol. The molecular formula is C19H21NO7S. The van der Waals surface area contributed by atoms with E-state index in [0.717, 1.165) is 4.31 Å². The van der Waals surface area contributed by atoms with Gasteiger partial charge >= 0.3 is 5.97 Å². The summed E-state index contributed by atoms with van der Waals surface area (Å²) < 4.78 is 43.5. The molecule has 2 aromatic rings. The molecule has 0 saturated heterocycles. The van der Waals surface area contributed by atoms with Gasteiger partial charge in [0.2, 0.25) is 0 Å². The molecule has 0 atom stereocenters. The van der Waals surface area contributed by atoms with Crippen molar-refractivity contribution < 1.29 is 32.5 Å². The fourth-order valence-corrected chi connectivity index (χ4v) is 4.14. The first-order valence-corrected chi connectivity index (χ1v) is 10.1. The number of hydrogen-bond donors (Lipinski definition) is 1. The molecule has 0 unspecified atom stereocenters. The number of anilines is 1. The number of sulfonamides is 1. The highest BCUT2D eigenvalue weighted by atomic mass is 32.2. The zero-order chi connectivity index (χ0) is 20.3. The molecule has 0 radical (unpaired) electrons. The number of fused-ring (bicyclic) bond motifs is 1. The first kappa shape index (κ1) is 19.8. The molecule has 28 heavy (non-hydrogen) atoms. The molecule has 1 aliphatic heterocycles. The molecule has 9 heteroatoms. The molecule has 0 amide bonds. The summed E-state index contributed by atoms with van der Waals surface area (Å²) in [6, 6.07) is 10.4. The van der Waals surface area contributed by atoms with Gasteiger partial charge in [0, 0.05) is 6.07 Å². The van der Waals surface area contributed by atoms with Gasteiger partial charge in [0.1, 0.15) is 25.5 Å². The van der Waals surface area contributed by atoms with Crippen molar-refractivity contribution in [1.29, 1.82) is 0 Å². The molecule has 0 fully saturated rings. The van der Waals surface area contributed by atoms with Gasteiger partial charge in [-0.15, -0.1) is 0 Å². The molecule has 0 aromatic heterocycles. The van der Waals surface area contributed by atoms with E-state index in [4.69, 9.17) is 14.2 Å². The van der Waals surface area contributed by atoms with E-state index in [1.165, 1.54) is 30.3 Å². The number of ether oxygens (including phenoxy) is 3. The molecule has 1 N–H and O–H groups in total. The predicted octanol–water partition coefficient (Wildman–Crippen LogP) is 2.52. The van der Waals surface area contributed by atoms with Crippen LogP contribution in [0.15, 0.2) is 47.4 Å². The Morgan fingerprint density at radius 1 is 1.11 bits per heavy atom. The normalized spacial score (nSPS) is 13.2. The molecule has 3 rings (SSSR count). The second-order valence-corrected chi connectivity index (χ2v) is 8.23. The minimum absolute atomic E-state index is 0.0394. The topological polar surface area (TPSA) is 102 Å². The monoisotopic (exact) mass is 407 g/mol. The zero-order valence-electron chi connectivity index (χ0n) is 15.5. The van der Waals surface area contributed by atoms with Crippen LogP contribution in [0, 0.1) is 0 Å². The Balaban J connectivity index is 1.97. The molecule has 0 aliphatic carbocycles.